The predicted molar refractivity (Wildman–Crippen MR) is 232 cm³/mol. The summed E-state index contributed by atoms with van der Waals surface area (Å²) in [6.07, 6.45) is -7.12. The number of likely N-dealkylation sites (tertiary alicyclic amines) is 1. The second kappa shape index (κ2) is 25.7. The molecule has 4 unspecified atom stereocenters. The number of nitrogens with two attached hydrogens (primary N) is 2. The van der Waals surface area contributed by atoms with Gasteiger partial charge in [0.25, 0.3) is 10.2 Å². The van der Waals surface area contributed by atoms with Crippen molar-refractivity contribution in [2.45, 2.75) is 95.3 Å². The van der Waals surface area contributed by atoms with Crippen LogP contribution in [0.15, 0.2) is 60.7 Å². The van der Waals surface area contributed by atoms with Gasteiger partial charge in [-0.05, 0) is 62.1 Å². The largest absolute Gasteiger partial charge is 0.490 e. The highest BCUT2D eigenvalue weighted by Gasteiger charge is 2.52. The number of carbonyl (C=O) groups is 6. The molecule has 2 heterocycles. The topological polar surface area (TPSA) is 275 Å². The molecule has 1 spiro atoms. The fourth-order valence-electron chi connectivity index (χ4n) is 7.02. The minimum atomic E-state index is -5.08. The lowest BCUT2D eigenvalue weighted by atomic mass is 9.78. The van der Waals surface area contributed by atoms with Gasteiger partial charge in [-0.1, -0.05) is 74.5 Å². The van der Waals surface area contributed by atoms with Crippen LogP contribution >= 0.6 is 0 Å². The summed E-state index contributed by atoms with van der Waals surface area (Å²) >= 11 is 0. The predicted octanol–water partition coefficient (Wildman–Crippen LogP) is 2.04. The van der Waals surface area contributed by atoms with Gasteiger partial charge in [-0.2, -0.15) is 43.4 Å². The first-order chi connectivity index (χ1) is 31.0. The second-order valence-electron chi connectivity index (χ2n) is 16.8. The Bertz CT molecular complexity index is 2040. The maximum atomic E-state index is 14.0. The summed E-state index contributed by atoms with van der Waals surface area (Å²) in [5.41, 5.74) is 13.4. The van der Waals surface area contributed by atoms with Crippen LogP contribution in [0.3, 0.4) is 0 Å². The first-order valence-electron chi connectivity index (χ1n) is 21.0. The Hall–Kier alpha value is -5.37. The fourth-order valence-corrected chi connectivity index (χ4v) is 8.24. The van der Waals surface area contributed by atoms with Gasteiger partial charge in [-0.3, -0.25) is 19.2 Å². The lowest BCUT2D eigenvalue weighted by Crippen LogP contribution is -2.64. The van der Waals surface area contributed by atoms with Crippen LogP contribution in [-0.4, -0.2) is 151 Å². The number of carboxylic acid groups (broad SMARTS) is 2. The zero-order chi connectivity index (χ0) is 50.9. The molecule has 2 aromatic carbocycles. The highest BCUT2D eigenvalue weighted by molar-refractivity contribution is 7.86. The molecular weight excluding hydrogens is 923 g/mol. The molecule has 4 amide bonds. The standard InChI is InChI=1S/C38H58N8O6S.2C2HF3O2/c1-27(2)21-32(43-36(49)33(23-29-15-9-6-10-16-29)42-34(47)30(40)22-28-13-7-5-8-14-28)35(48)41-31(17-11-12-19-39)37(50)45-24-38(25-45)18-20-46(26-38)53(51,52)44(3)4;2*3-2(4,5)1(6)7/h5-10,13-16,27,30-33H,11-12,17-26,39-40H2,1-4H3,(H,41,48)(H,42,47)(H,43,49);2*(H,6,7). The third-order valence-electron chi connectivity index (χ3n) is 10.5. The van der Waals surface area contributed by atoms with Gasteiger partial charge in [0.15, 0.2) is 0 Å². The molecule has 25 heteroatoms. The lowest BCUT2D eigenvalue weighted by molar-refractivity contribution is -0.193. The van der Waals surface area contributed by atoms with E-state index >= 15 is 0 Å². The Labute approximate surface area is 384 Å². The van der Waals surface area contributed by atoms with Gasteiger partial charge < -0.3 is 42.5 Å². The van der Waals surface area contributed by atoms with E-state index in [1.807, 2.05) is 74.5 Å². The molecule has 2 aliphatic rings. The summed E-state index contributed by atoms with van der Waals surface area (Å²) in [6.45, 7) is 5.82. The molecular formula is C42H60F6N8O10S. The van der Waals surface area contributed by atoms with Crippen molar-refractivity contribution in [1.29, 1.82) is 0 Å². The van der Waals surface area contributed by atoms with E-state index in [9.17, 15) is 53.9 Å². The van der Waals surface area contributed by atoms with Crippen LogP contribution in [0.25, 0.3) is 0 Å². The zero-order valence-electron chi connectivity index (χ0n) is 37.5. The molecule has 2 saturated heterocycles. The van der Waals surface area contributed by atoms with Crippen molar-refractivity contribution in [1.82, 2.24) is 29.5 Å². The van der Waals surface area contributed by atoms with Gasteiger partial charge in [0.05, 0.1) is 6.04 Å². The molecule has 2 fully saturated rings. The molecule has 376 valence electrons. The number of amides is 4. The maximum Gasteiger partial charge on any atom is 0.490 e. The van der Waals surface area contributed by atoms with Crippen LogP contribution in [0.1, 0.15) is 57.1 Å². The number of rotatable bonds is 19. The summed E-state index contributed by atoms with van der Waals surface area (Å²) in [5.74, 6) is -7.27. The Kier molecular flexibility index (Phi) is 22.1. The SMILES string of the molecule is CC(C)CC(NC(=O)C(Cc1ccccc1)NC(=O)C(N)Cc1ccccc1)C(=O)NC(CCCCN)C(=O)N1CC2(CCN(S(=O)(=O)N(C)C)C2)C1.O=C(O)C(F)(F)F.O=C(O)C(F)(F)F. The van der Waals surface area contributed by atoms with Crippen molar-refractivity contribution in [2.24, 2.45) is 22.8 Å². The average molecular weight is 983 g/mol. The number of halogens is 6. The number of nitrogens with zero attached hydrogens (tertiary/aromatic N) is 3. The van der Waals surface area contributed by atoms with E-state index in [2.05, 4.69) is 16.0 Å². The van der Waals surface area contributed by atoms with E-state index in [-0.39, 0.29) is 30.1 Å². The summed E-state index contributed by atoms with van der Waals surface area (Å²) in [6, 6.07) is 14.9. The van der Waals surface area contributed by atoms with Gasteiger partial charge in [0, 0.05) is 52.1 Å². The Morgan fingerprint density at radius 3 is 1.63 bits per heavy atom. The molecule has 0 aliphatic carbocycles. The van der Waals surface area contributed by atoms with Crippen molar-refractivity contribution < 1.29 is 73.7 Å². The van der Waals surface area contributed by atoms with Gasteiger partial charge in [0.2, 0.25) is 23.6 Å². The van der Waals surface area contributed by atoms with E-state index in [0.717, 1.165) is 11.1 Å². The third kappa shape index (κ3) is 19.0. The first-order valence-corrected chi connectivity index (χ1v) is 22.4. The summed E-state index contributed by atoms with van der Waals surface area (Å²) in [4.78, 5) is 74.6. The van der Waals surface area contributed by atoms with E-state index in [1.54, 1.807) is 4.90 Å². The number of benzene rings is 2. The summed E-state index contributed by atoms with van der Waals surface area (Å²) in [7, 11) is -0.551. The van der Waals surface area contributed by atoms with Crippen LogP contribution < -0.4 is 27.4 Å². The van der Waals surface area contributed by atoms with Gasteiger partial charge in [-0.25, -0.2) is 9.59 Å². The number of alkyl halides is 6. The smallest absolute Gasteiger partial charge is 0.475 e. The second-order valence-corrected chi connectivity index (χ2v) is 18.9. The normalized spacial score (nSPS) is 16.5. The Morgan fingerprint density at radius 1 is 0.731 bits per heavy atom. The number of hydrogen-bond donors (Lipinski definition) is 7. The minimum Gasteiger partial charge on any atom is -0.475 e. The molecule has 9 N–H and O–H groups in total. The number of carbonyl (C=O) groups excluding carboxylic acids is 4. The quantitative estimate of drug-likeness (QED) is 0.0788. The molecule has 2 aliphatic heterocycles. The Balaban J connectivity index is 0.000000952. The van der Waals surface area contributed by atoms with Gasteiger partial charge in [-0.15, -0.1) is 0 Å². The van der Waals surface area contributed by atoms with Crippen LogP contribution in [-0.2, 0) is 51.8 Å². The number of unbranched alkanes of at least 4 members (excludes halogenated alkanes) is 1. The summed E-state index contributed by atoms with van der Waals surface area (Å²) < 4.78 is 91.5. The third-order valence-corrected chi connectivity index (χ3v) is 12.4. The number of carboxylic acids is 2. The maximum absolute atomic E-state index is 14.0. The van der Waals surface area contributed by atoms with Gasteiger partial charge >= 0.3 is 24.3 Å². The van der Waals surface area contributed by atoms with E-state index in [1.165, 1.54) is 22.7 Å². The zero-order valence-corrected chi connectivity index (χ0v) is 38.3. The van der Waals surface area contributed by atoms with Crippen LogP contribution in [0, 0.1) is 11.3 Å². The fraction of sp³-hybridized carbons (Fsp3) is 0.571. The van der Waals surface area contributed by atoms with Crippen LogP contribution in [0.4, 0.5) is 26.3 Å². The highest BCUT2D eigenvalue weighted by atomic mass is 32.2. The van der Waals surface area contributed by atoms with Crippen molar-refractivity contribution in [2.75, 3.05) is 46.8 Å². The molecule has 0 aromatic heterocycles. The van der Waals surface area contributed by atoms with E-state index < -0.39 is 76.4 Å². The monoisotopic (exact) mass is 982 g/mol. The first kappa shape index (κ1) is 57.8. The summed E-state index contributed by atoms with van der Waals surface area (Å²) in [5, 5.41) is 22.9. The molecule has 4 rings (SSSR count). The van der Waals surface area contributed by atoms with E-state index in [0.29, 0.717) is 64.8 Å². The number of aliphatic carboxylic acids is 2. The molecule has 18 nitrogen and oxygen atoms in total. The van der Waals surface area contributed by atoms with Crippen molar-refractivity contribution in [3.63, 3.8) is 0 Å². The van der Waals surface area contributed by atoms with Gasteiger partial charge in [0.1, 0.15) is 18.1 Å². The molecule has 0 bridgehead atoms. The highest BCUT2D eigenvalue weighted by Crippen LogP contribution is 2.41. The van der Waals surface area contributed by atoms with Crippen molar-refractivity contribution >= 4 is 45.8 Å². The van der Waals surface area contributed by atoms with Crippen molar-refractivity contribution in [3.8, 4) is 0 Å². The number of hydrogen-bond acceptors (Lipinski definition) is 10. The molecule has 2 aromatic rings. The minimum absolute atomic E-state index is 0.0119. The van der Waals surface area contributed by atoms with Crippen LogP contribution in [0.5, 0.6) is 0 Å². The lowest BCUT2D eigenvalue weighted by Gasteiger charge is -2.49. The van der Waals surface area contributed by atoms with Crippen molar-refractivity contribution in [3.05, 3.63) is 71.8 Å². The number of nitrogens with one attached hydrogen (secondary N) is 3. The average Bonchev–Trinajstić information content (AvgIpc) is 3.69. The molecule has 0 saturated carbocycles. The molecule has 67 heavy (non-hydrogen) atoms. The molecule has 4 atom stereocenters. The van der Waals surface area contributed by atoms with Crippen LogP contribution in [0.2, 0.25) is 0 Å². The van der Waals surface area contributed by atoms with E-state index in [4.69, 9.17) is 31.3 Å². The molecule has 0 radical (unpaired) electrons. The Morgan fingerprint density at radius 2 is 1.18 bits per heavy atom.